The van der Waals surface area contributed by atoms with Gasteiger partial charge in [-0.1, -0.05) is 12.1 Å². The summed E-state index contributed by atoms with van der Waals surface area (Å²) in [4.78, 5) is 2.44. The minimum atomic E-state index is -0.569. The van der Waals surface area contributed by atoms with Crippen LogP contribution in [-0.4, -0.2) is 48.5 Å². The molecule has 21 heavy (non-hydrogen) atoms. The first-order valence-corrected chi connectivity index (χ1v) is 7.81. The summed E-state index contributed by atoms with van der Waals surface area (Å²) in [6.07, 6.45) is 4.87. The van der Waals surface area contributed by atoms with Gasteiger partial charge in [0.25, 0.3) is 0 Å². The van der Waals surface area contributed by atoms with E-state index in [0.717, 1.165) is 24.3 Å². The SMILES string of the molecule is COc1ccccc1OCCC1(O)CC2CCC(C1)N2C. The molecule has 2 aliphatic rings. The fourth-order valence-electron chi connectivity index (χ4n) is 3.84. The van der Waals surface area contributed by atoms with Gasteiger partial charge in [-0.3, -0.25) is 0 Å². The summed E-state index contributed by atoms with van der Waals surface area (Å²) in [6, 6.07) is 8.73. The third-order valence-corrected chi connectivity index (χ3v) is 5.11. The van der Waals surface area contributed by atoms with Crippen molar-refractivity contribution in [3.8, 4) is 11.5 Å². The zero-order valence-corrected chi connectivity index (χ0v) is 12.9. The highest BCUT2D eigenvalue weighted by atomic mass is 16.5. The summed E-state index contributed by atoms with van der Waals surface area (Å²) >= 11 is 0. The molecule has 116 valence electrons. The van der Waals surface area contributed by atoms with Crippen LogP contribution in [0.4, 0.5) is 0 Å². The van der Waals surface area contributed by atoms with E-state index < -0.39 is 5.60 Å². The average Bonchev–Trinajstić information content (AvgIpc) is 2.71. The van der Waals surface area contributed by atoms with E-state index in [4.69, 9.17) is 9.47 Å². The number of aliphatic hydroxyl groups is 1. The summed E-state index contributed by atoms with van der Waals surface area (Å²) in [6.45, 7) is 0.528. The summed E-state index contributed by atoms with van der Waals surface area (Å²) in [7, 11) is 3.83. The molecule has 0 aliphatic carbocycles. The Labute approximate surface area is 126 Å². The molecule has 0 radical (unpaired) electrons. The molecule has 4 heteroatoms. The smallest absolute Gasteiger partial charge is 0.161 e. The molecule has 0 amide bonds. The van der Waals surface area contributed by atoms with E-state index in [2.05, 4.69) is 11.9 Å². The molecule has 2 fully saturated rings. The van der Waals surface area contributed by atoms with Gasteiger partial charge in [-0.15, -0.1) is 0 Å². The number of piperidine rings is 1. The third kappa shape index (κ3) is 3.01. The first-order valence-electron chi connectivity index (χ1n) is 7.81. The zero-order chi connectivity index (χ0) is 14.9. The van der Waals surface area contributed by atoms with Crippen LogP contribution in [0.3, 0.4) is 0 Å². The molecule has 2 unspecified atom stereocenters. The molecule has 4 nitrogen and oxygen atoms in total. The Morgan fingerprint density at radius 1 is 1.19 bits per heavy atom. The molecular weight excluding hydrogens is 266 g/mol. The summed E-state index contributed by atoms with van der Waals surface area (Å²) in [5, 5.41) is 10.8. The second-order valence-electron chi connectivity index (χ2n) is 6.43. The van der Waals surface area contributed by atoms with Gasteiger partial charge in [0.15, 0.2) is 11.5 Å². The lowest BCUT2D eigenvalue weighted by atomic mass is 9.84. The van der Waals surface area contributed by atoms with E-state index in [1.54, 1.807) is 7.11 Å². The van der Waals surface area contributed by atoms with Gasteiger partial charge in [-0.2, -0.15) is 0 Å². The van der Waals surface area contributed by atoms with Gasteiger partial charge in [-0.25, -0.2) is 0 Å². The number of nitrogens with zero attached hydrogens (tertiary/aromatic N) is 1. The standard InChI is InChI=1S/C17H25NO3/c1-18-13-7-8-14(18)12-17(19,11-13)9-10-21-16-6-4-3-5-15(16)20-2/h3-6,13-14,19H,7-12H2,1-2H3. The van der Waals surface area contributed by atoms with Crippen molar-refractivity contribution in [2.24, 2.45) is 0 Å². The number of rotatable bonds is 5. The lowest BCUT2D eigenvalue weighted by molar-refractivity contribution is -0.0564. The minimum Gasteiger partial charge on any atom is -0.493 e. The molecule has 0 saturated carbocycles. The monoisotopic (exact) mass is 291 g/mol. The van der Waals surface area contributed by atoms with E-state index in [1.807, 2.05) is 24.3 Å². The van der Waals surface area contributed by atoms with E-state index in [0.29, 0.717) is 25.1 Å². The highest BCUT2D eigenvalue weighted by Crippen LogP contribution is 2.41. The third-order valence-electron chi connectivity index (χ3n) is 5.11. The average molecular weight is 291 g/mol. The second-order valence-corrected chi connectivity index (χ2v) is 6.43. The van der Waals surface area contributed by atoms with Crippen molar-refractivity contribution in [2.75, 3.05) is 20.8 Å². The number of hydrogen-bond acceptors (Lipinski definition) is 4. The van der Waals surface area contributed by atoms with Crippen LogP contribution in [0.5, 0.6) is 11.5 Å². The van der Waals surface area contributed by atoms with E-state index in [1.165, 1.54) is 12.8 Å². The molecule has 1 aromatic carbocycles. The topological polar surface area (TPSA) is 41.9 Å². The predicted octanol–water partition coefficient (Wildman–Crippen LogP) is 2.45. The van der Waals surface area contributed by atoms with Gasteiger partial charge >= 0.3 is 0 Å². The largest absolute Gasteiger partial charge is 0.493 e. The molecular formula is C17H25NO3. The van der Waals surface area contributed by atoms with E-state index in [-0.39, 0.29) is 0 Å². The highest BCUT2D eigenvalue weighted by molar-refractivity contribution is 5.39. The van der Waals surface area contributed by atoms with Crippen molar-refractivity contribution in [1.29, 1.82) is 0 Å². The predicted molar refractivity (Wildman–Crippen MR) is 81.9 cm³/mol. The Morgan fingerprint density at radius 3 is 2.43 bits per heavy atom. The normalized spacial score (nSPS) is 32.1. The van der Waals surface area contributed by atoms with Crippen molar-refractivity contribution in [2.45, 2.75) is 49.8 Å². The van der Waals surface area contributed by atoms with Gasteiger partial charge in [0, 0.05) is 18.5 Å². The van der Waals surface area contributed by atoms with Gasteiger partial charge < -0.3 is 19.5 Å². The molecule has 2 atom stereocenters. The maximum absolute atomic E-state index is 10.8. The molecule has 1 aromatic rings. The Bertz CT molecular complexity index is 477. The summed E-state index contributed by atoms with van der Waals surface area (Å²) < 4.78 is 11.1. The number of methoxy groups -OCH3 is 1. The number of hydrogen-bond donors (Lipinski definition) is 1. The van der Waals surface area contributed by atoms with Crippen LogP contribution in [0, 0.1) is 0 Å². The van der Waals surface area contributed by atoms with Gasteiger partial charge in [-0.05, 0) is 44.9 Å². The van der Waals surface area contributed by atoms with Crippen molar-refractivity contribution >= 4 is 0 Å². The molecule has 2 aliphatic heterocycles. The lowest BCUT2D eigenvalue weighted by Crippen LogP contribution is -2.49. The van der Waals surface area contributed by atoms with E-state index >= 15 is 0 Å². The number of ether oxygens (including phenoxy) is 2. The number of benzene rings is 1. The van der Waals surface area contributed by atoms with Crippen LogP contribution < -0.4 is 9.47 Å². The van der Waals surface area contributed by atoms with Crippen LogP contribution in [0.2, 0.25) is 0 Å². The van der Waals surface area contributed by atoms with Crippen LogP contribution in [0.25, 0.3) is 0 Å². The van der Waals surface area contributed by atoms with Gasteiger partial charge in [0.05, 0.1) is 19.3 Å². The highest BCUT2D eigenvalue weighted by Gasteiger charge is 2.45. The fraction of sp³-hybridized carbons (Fsp3) is 0.647. The van der Waals surface area contributed by atoms with Crippen LogP contribution in [0.1, 0.15) is 32.1 Å². The van der Waals surface area contributed by atoms with Crippen molar-refractivity contribution in [3.05, 3.63) is 24.3 Å². The van der Waals surface area contributed by atoms with Crippen molar-refractivity contribution in [1.82, 2.24) is 4.90 Å². The summed E-state index contributed by atoms with van der Waals surface area (Å²) in [5.74, 6) is 1.49. The minimum absolute atomic E-state index is 0.528. The Balaban J connectivity index is 1.56. The molecule has 3 rings (SSSR count). The Hall–Kier alpha value is -1.26. The van der Waals surface area contributed by atoms with Crippen molar-refractivity contribution < 1.29 is 14.6 Å². The number of para-hydroxylation sites is 2. The molecule has 1 N–H and O–H groups in total. The van der Waals surface area contributed by atoms with Crippen LogP contribution in [0.15, 0.2) is 24.3 Å². The maximum Gasteiger partial charge on any atom is 0.161 e. The lowest BCUT2D eigenvalue weighted by Gasteiger charge is -2.42. The van der Waals surface area contributed by atoms with Crippen LogP contribution in [-0.2, 0) is 0 Å². The van der Waals surface area contributed by atoms with Crippen molar-refractivity contribution in [3.63, 3.8) is 0 Å². The molecule has 2 bridgehead atoms. The molecule has 2 heterocycles. The van der Waals surface area contributed by atoms with E-state index in [9.17, 15) is 5.11 Å². The maximum atomic E-state index is 10.8. The zero-order valence-electron chi connectivity index (χ0n) is 12.9. The fourth-order valence-corrected chi connectivity index (χ4v) is 3.84. The summed E-state index contributed by atoms with van der Waals surface area (Å²) in [5.41, 5.74) is -0.569. The molecule has 0 spiro atoms. The second kappa shape index (κ2) is 5.85. The quantitative estimate of drug-likeness (QED) is 0.905. The Kier molecular flexibility index (Phi) is 4.09. The van der Waals surface area contributed by atoms with Gasteiger partial charge in [0.1, 0.15) is 0 Å². The van der Waals surface area contributed by atoms with Gasteiger partial charge in [0.2, 0.25) is 0 Å². The van der Waals surface area contributed by atoms with Crippen LogP contribution >= 0.6 is 0 Å². The number of fused-ring (bicyclic) bond motifs is 2. The molecule has 2 saturated heterocycles. The molecule has 0 aromatic heterocycles. The first kappa shape index (κ1) is 14.7. The first-order chi connectivity index (χ1) is 10.1. The Morgan fingerprint density at radius 2 is 1.81 bits per heavy atom.